The molecule has 0 aliphatic rings. The number of alkyl halides is 2. The number of likely N-dealkylation sites (N-methyl/N-ethyl adjacent to an activating group) is 1. The topological polar surface area (TPSA) is 72.6 Å². The van der Waals surface area contributed by atoms with Crippen molar-refractivity contribution in [1.29, 1.82) is 0 Å². The predicted molar refractivity (Wildman–Crippen MR) is 47.4 cm³/mol. The van der Waals surface area contributed by atoms with Crippen LogP contribution in [0.2, 0.25) is 0 Å². The van der Waals surface area contributed by atoms with Gasteiger partial charge in [-0.1, -0.05) is 0 Å². The summed E-state index contributed by atoms with van der Waals surface area (Å²) in [5.74, 6) is -3.41. The van der Waals surface area contributed by atoms with E-state index in [1.54, 1.807) is 0 Å². The molecule has 0 rings (SSSR count). The fourth-order valence-electron chi connectivity index (χ4n) is 0.837. The molecule has 0 aliphatic heterocycles. The summed E-state index contributed by atoms with van der Waals surface area (Å²) in [4.78, 5) is 0. The lowest BCUT2D eigenvalue weighted by atomic mass is 10.3. The quantitative estimate of drug-likeness (QED) is 0.666. The Morgan fingerprint density at radius 3 is 2.36 bits per heavy atom. The highest BCUT2D eigenvalue weighted by atomic mass is 32.2. The number of sulfonamides is 1. The van der Waals surface area contributed by atoms with Crippen molar-refractivity contribution in [3.8, 4) is 0 Å². The standard InChI is InChI=1S/C6H14F2N2O3S/c1-10(3-5(9)4-13-2)14(11,12)6(7)8/h5-6H,3-4,9H2,1-2H3. The smallest absolute Gasteiger partial charge is 0.350 e. The van der Waals surface area contributed by atoms with E-state index in [9.17, 15) is 17.2 Å². The molecule has 0 fully saturated rings. The number of ether oxygens (including phenoxy) is 1. The van der Waals surface area contributed by atoms with E-state index in [2.05, 4.69) is 4.74 Å². The summed E-state index contributed by atoms with van der Waals surface area (Å²) in [6, 6.07) is -0.612. The molecule has 1 atom stereocenters. The molecular formula is C6H14F2N2O3S. The summed E-state index contributed by atoms with van der Waals surface area (Å²) in [6.45, 7) is -0.0798. The maximum atomic E-state index is 12.0. The van der Waals surface area contributed by atoms with Crippen molar-refractivity contribution in [2.24, 2.45) is 5.73 Å². The third-order valence-corrected chi connectivity index (χ3v) is 3.00. The van der Waals surface area contributed by atoms with Crippen LogP contribution in [0.5, 0.6) is 0 Å². The molecule has 1 unspecified atom stereocenters. The van der Waals surface area contributed by atoms with Crippen LogP contribution in [0.15, 0.2) is 0 Å². The Labute approximate surface area is 81.9 Å². The molecule has 0 amide bonds. The highest BCUT2D eigenvalue weighted by molar-refractivity contribution is 7.89. The maximum Gasteiger partial charge on any atom is 0.350 e. The van der Waals surface area contributed by atoms with Crippen LogP contribution in [0.3, 0.4) is 0 Å². The van der Waals surface area contributed by atoms with Gasteiger partial charge in [0.05, 0.1) is 6.61 Å². The second-order valence-corrected chi connectivity index (χ2v) is 4.81. The number of halogens is 2. The van der Waals surface area contributed by atoms with Crippen LogP contribution in [0, 0.1) is 0 Å². The second kappa shape index (κ2) is 5.54. The van der Waals surface area contributed by atoms with Crippen molar-refractivity contribution in [2.75, 3.05) is 27.3 Å². The SMILES string of the molecule is COCC(N)CN(C)S(=O)(=O)C(F)F. The highest BCUT2D eigenvalue weighted by Gasteiger charge is 2.29. The first-order chi connectivity index (χ1) is 6.32. The highest BCUT2D eigenvalue weighted by Crippen LogP contribution is 2.09. The van der Waals surface area contributed by atoms with Crippen molar-refractivity contribution in [1.82, 2.24) is 4.31 Å². The number of nitrogens with zero attached hydrogens (tertiary/aromatic N) is 1. The molecule has 0 spiro atoms. The number of rotatable bonds is 6. The van der Waals surface area contributed by atoms with Crippen LogP contribution in [-0.2, 0) is 14.8 Å². The second-order valence-electron chi connectivity index (χ2n) is 2.80. The van der Waals surface area contributed by atoms with Gasteiger partial charge in [-0.2, -0.15) is 13.1 Å². The zero-order chi connectivity index (χ0) is 11.4. The average molecular weight is 232 g/mol. The van der Waals surface area contributed by atoms with Gasteiger partial charge in [-0.05, 0) is 0 Å². The van der Waals surface area contributed by atoms with Gasteiger partial charge in [-0.15, -0.1) is 0 Å². The molecule has 5 nitrogen and oxygen atoms in total. The van der Waals surface area contributed by atoms with Crippen molar-refractivity contribution in [3.63, 3.8) is 0 Å². The van der Waals surface area contributed by atoms with Gasteiger partial charge < -0.3 is 10.5 Å². The molecule has 0 aromatic rings. The molecule has 0 aliphatic carbocycles. The first-order valence-electron chi connectivity index (χ1n) is 3.80. The van der Waals surface area contributed by atoms with Crippen LogP contribution in [-0.4, -0.2) is 51.8 Å². The summed E-state index contributed by atoms with van der Waals surface area (Å²) in [5.41, 5.74) is 5.41. The fourth-order valence-corrected chi connectivity index (χ4v) is 1.51. The molecule has 0 aromatic heterocycles. The van der Waals surface area contributed by atoms with Gasteiger partial charge in [-0.3, -0.25) is 0 Å². The summed E-state index contributed by atoms with van der Waals surface area (Å²) in [5, 5.41) is 0. The number of hydrogen-bond donors (Lipinski definition) is 1. The first-order valence-corrected chi connectivity index (χ1v) is 5.30. The van der Waals surface area contributed by atoms with Crippen LogP contribution < -0.4 is 5.73 Å². The molecule has 86 valence electrons. The van der Waals surface area contributed by atoms with E-state index in [-0.39, 0.29) is 13.2 Å². The largest absolute Gasteiger partial charge is 0.383 e. The van der Waals surface area contributed by atoms with Gasteiger partial charge in [0.15, 0.2) is 0 Å². The molecule has 0 heterocycles. The van der Waals surface area contributed by atoms with Crippen molar-refractivity contribution >= 4 is 10.0 Å². The molecule has 8 heteroatoms. The fraction of sp³-hybridized carbons (Fsp3) is 1.00. The number of nitrogens with two attached hydrogens (primary N) is 1. The molecule has 0 radical (unpaired) electrons. The van der Waals surface area contributed by atoms with E-state index in [4.69, 9.17) is 5.73 Å². The van der Waals surface area contributed by atoms with Crippen molar-refractivity contribution in [3.05, 3.63) is 0 Å². The summed E-state index contributed by atoms with van der Waals surface area (Å²) in [7, 11) is -2.08. The lowest BCUT2D eigenvalue weighted by Crippen LogP contribution is -2.42. The van der Waals surface area contributed by atoms with Crippen LogP contribution in [0.4, 0.5) is 8.78 Å². The Morgan fingerprint density at radius 2 is 2.00 bits per heavy atom. The normalized spacial score (nSPS) is 15.1. The summed E-state index contributed by atoms with van der Waals surface area (Å²) >= 11 is 0. The van der Waals surface area contributed by atoms with Gasteiger partial charge in [0.2, 0.25) is 0 Å². The zero-order valence-electron chi connectivity index (χ0n) is 7.98. The molecule has 0 aromatic carbocycles. The average Bonchev–Trinajstić information content (AvgIpc) is 2.03. The van der Waals surface area contributed by atoms with Crippen LogP contribution in [0.1, 0.15) is 0 Å². The minimum Gasteiger partial charge on any atom is -0.383 e. The molecule has 0 bridgehead atoms. The Balaban J connectivity index is 4.28. The Kier molecular flexibility index (Phi) is 5.42. The first kappa shape index (κ1) is 13.7. The number of hydrogen-bond acceptors (Lipinski definition) is 4. The van der Waals surface area contributed by atoms with E-state index >= 15 is 0 Å². The van der Waals surface area contributed by atoms with E-state index in [1.807, 2.05) is 0 Å². The van der Waals surface area contributed by atoms with E-state index < -0.39 is 21.8 Å². The lowest BCUT2D eigenvalue weighted by Gasteiger charge is -2.19. The van der Waals surface area contributed by atoms with Gasteiger partial charge in [0.1, 0.15) is 0 Å². The monoisotopic (exact) mass is 232 g/mol. The summed E-state index contributed by atoms with van der Waals surface area (Å²) in [6.07, 6.45) is 0. The van der Waals surface area contributed by atoms with Gasteiger partial charge in [-0.25, -0.2) is 8.42 Å². The molecular weight excluding hydrogens is 218 g/mol. The van der Waals surface area contributed by atoms with Gasteiger partial charge in [0.25, 0.3) is 10.0 Å². The lowest BCUT2D eigenvalue weighted by molar-refractivity contribution is 0.170. The molecule has 14 heavy (non-hydrogen) atoms. The van der Waals surface area contributed by atoms with Gasteiger partial charge in [0, 0.05) is 26.7 Å². The van der Waals surface area contributed by atoms with Crippen LogP contribution in [0.25, 0.3) is 0 Å². The number of methoxy groups -OCH3 is 1. The third-order valence-electron chi connectivity index (χ3n) is 1.53. The van der Waals surface area contributed by atoms with Crippen molar-refractivity contribution in [2.45, 2.75) is 11.8 Å². The Morgan fingerprint density at radius 1 is 1.50 bits per heavy atom. The third kappa shape index (κ3) is 3.82. The van der Waals surface area contributed by atoms with E-state index in [0.29, 0.717) is 4.31 Å². The van der Waals surface area contributed by atoms with E-state index in [0.717, 1.165) is 7.05 Å². The Bertz CT molecular complexity index is 258. The summed E-state index contributed by atoms with van der Waals surface area (Å²) < 4.78 is 50.9. The maximum absolute atomic E-state index is 12.0. The minimum absolute atomic E-state index is 0.114. The van der Waals surface area contributed by atoms with E-state index in [1.165, 1.54) is 7.11 Å². The molecule has 0 saturated carbocycles. The predicted octanol–water partition coefficient (Wildman–Crippen LogP) is -0.556. The minimum atomic E-state index is -4.53. The molecule has 2 N–H and O–H groups in total. The Hall–Kier alpha value is -0.310. The van der Waals surface area contributed by atoms with Crippen molar-refractivity contribution < 1.29 is 21.9 Å². The van der Waals surface area contributed by atoms with Crippen LogP contribution >= 0.6 is 0 Å². The zero-order valence-corrected chi connectivity index (χ0v) is 8.80. The van der Waals surface area contributed by atoms with Gasteiger partial charge >= 0.3 is 5.76 Å². The molecule has 0 saturated heterocycles.